The monoisotopic (exact) mass is 391 g/mol. The van der Waals surface area contributed by atoms with Crippen molar-refractivity contribution in [1.82, 2.24) is 0 Å². The number of rotatable bonds is 6. The van der Waals surface area contributed by atoms with Gasteiger partial charge in [0.25, 0.3) is 5.09 Å². The Morgan fingerprint density at radius 1 is 1.36 bits per heavy atom. The number of fused-ring (bicyclic) bond motifs is 3. The van der Waals surface area contributed by atoms with Gasteiger partial charge >= 0.3 is 0 Å². The number of nitrogens with zero attached hydrogens (tertiary/aromatic N) is 1. The van der Waals surface area contributed by atoms with Crippen LogP contribution >= 0.6 is 0 Å². The van der Waals surface area contributed by atoms with Crippen LogP contribution in [-0.4, -0.2) is 21.9 Å². The average molecular weight is 392 g/mol. The summed E-state index contributed by atoms with van der Waals surface area (Å²) in [6, 6.07) is 3.94. The molecule has 1 N–H and O–H groups in total. The summed E-state index contributed by atoms with van der Waals surface area (Å²) in [6.07, 6.45) is 4.80. The molecule has 0 spiro atoms. The van der Waals surface area contributed by atoms with E-state index in [2.05, 4.69) is 40.7 Å². The lowest BCUT2D eigenvalue weighted by Crippen LogP contribution is -2.48. The van der Waals surface area contributed by atoms with Crippen molar-refractivity contribution in [1.29, 1.82) is 0 Å². The Bertz CT molecular complexity index is 743. The smallest absolute Gasteiger partial charge is 0.294 e. The lowest BCUT2D eigenvalue weighted by atomic mass is 9.65. The highest BCUT2D eigenvalue weighted by atomic mass is 17.0. The molecule has 3 atom stereocenters. The topological polar surface area (TPSA) is 81.8 Å². The molecule has 0 aromatic heterocycles. The predicted molar refractivity (Wildman–Crippen MR) is 107 cm³/mol. The van der Waals surface area contributed by atoms with Crippen LogP contribution in [0.4, 0.5) is 0 Å². The number of hydrogen-bond acceptors (Lipinski definition) is 5. The second kappa shape index (κ2) is 7.45. The van der Waals surface area contributed by atoms with Crippen molar-refractivity contribution in [3.05, 3.63) is 33.4 Å². The molecule has 1 aromatic rings. The Hall–Kier alpha value is -1.98. The van der Waals surface area contributed by atoms with E-state index in [9.17, 15) is 15.2 Å². The second-order valence-electron chi connectivity index (χ2n) is 9.58. The number of benzene rings is 1. The number of phenolic OH excluding ortho intramolecular Hbond substituents is 1. The molecule has 1 heterocycles. The van der Waals surface area contributed by atoms with Crippen LogP contribution in [0.1, 0.15) is 90.2 Å². The van der Waals surface area contributed by atoms with Gasteiger partial charge in [0.2, 0.25) is 0 Å². The van der Waals surface area contributed by atoms with Gasteiger partial charge in [0.1, 0.15) is 23.2 Å². The van der Waals surface area contributed by atoms with Crippen molar-refractivity contribution in [3.8, 4) is 11.5 Å². The minimum atomic E-state index is -0.699. The molecule has 156 valence electrons. The fourth-order valence-corrected chi connectivity index (χ4v) is 5.08. The van der Waals surface area contributed by atoms with Gasteiger partial charge in [-0.3, -0.25) is 0 Å². The first-order valence-electron chi connectivity index (χ1n) is 10.4. The molecular weight excluding hydrogens is 358 g/mol. The number of aromatic hydroxyl groups is 1. The fraction of sp³-hybridized carbons (Fsp3) is 0.727. The first-order chi connectivity index (χ1) is 13.0. The standard InChI is InChI=1S/C22H33NO5/c1-6-7-10-21(2,3)14-11-18(24)20-16-13-15(28-23(25)26)8-9-17(16)22(4,5)27-19(20)12-14/h11-12,15-17,24H,6-10,13H2,1-5H3/t15-,16-,17-/m1/s1. The highest BCUT2D eigenvalue weighted by Gasteiger charge is 2.48. The van der Waals surface area contributed by atoms with E-state index in [0.717, 1.165) is 36.8 Å². The average Bonchev–Trinajstić information content (AvgIpc) is 2.58. The zero-order chi connectivity index (χ0) is 20.7. The van der Waals surface area contributed by atoms with Gasteiger partial charge in [0, 0.05) is 11.5 Å². The quantitative estimate of drug-likeness (QED) is 0.512. The highest BCUT2D eigenvalue weighted by Crippen LogP contribution is 2.55. The number of unbranched alkanes of at least 4 members (excludes halogenated alkanes) is 1. The minimum absolute atomic E-state index is 0.00902. The molecule has 1 fully saturated rings. The number of ether oxygens (including phenoxy) is 1. The van der Waals surface area contributed by atoms with Crippen molar-refractivity contribution >= 4 is 0 Å². The fourth-order valence-electron chi connectivity index (χ4n) is 5.08. The Balaban J connectivity index is 1.99. The van der Waals surface area contributed by atoms with Gasteiger partial charge in [-0.05, 0) is 68.6 Å². The summed E-state index contributed by atoms with van der Waals surface area (Å²) in [5.74, 6) is 1.14. The van der Waals surface area contributed by atoms with Gasteiger partial charge in [-0.25, -0.2) is 0 Å². The van der Waals surface area contributed by atoms with Crippen molar-refractivity contribution in [2.75, 3.05) is 0 Å². The molecule has 0 unspecified atom stereocenters. The van der Waals surface area contributed by atoms with Crippen LogP contribution in [0, 0.1) is 16.0 Å². The summed E-state index contributed by atoms with van der Waals surface area (Å²) in [7, 11) is 0. The lowest BCUT2D eigenvalue weighted by Gasteiger charge is -2.49. The van der Waals surface area contributed by atoms with Crippen LogP contribution in [0.15, 0.2) is 12.1 Å². The molecule has 1 aromatic carbocycles. The van der Waals surface area contributed by atoms with E-state index in [-0.39, 0.29) is 23.0 Å². The van der Waals surface area contributed by atoms with Gasteiger partial charge < -0.3 is 14.7 Å². The molecule has 0 bridgehead atoms. The van der Waals surface area contributed by atoms with Gasteiger partial charge in [-0.2, -0.15) is 0 Å². The van der Waals surface area contributed by atoms with Crippen molar-refractivity contribution in [3.63, 3.8) is 0 Å². The van der Waals surface area contributed by atoms with E-state index < -0.39 is 16.8 Å². The third-order valence-corrected chi connectivity index (χ3v) is 6.73. The van der Waals surface area contributed by atoms with Gasteiger partial charge in [-0.1, -0.05) is 33.6 Å². The zero-order valence-electron chi connectivity index (χ0n) is 17.7. The van der Waals surface area contributed by atoms with Crippen LogP contribution in [0.25, 0.3) is 0 Å². The van der Waals surface area contributed by atoms with Gasteiger partial charge in [0.05, 0.1) is 0 Å². The normalized spacial score (nSPS) is 26.0. The maximum atomic E-state index is 10.9. The van der Waals surface area contributed by atoms with E-state index in [4.69, 9.17) is 9.57 Å². The predicted octanol–water partition coefficient (Wildman–Crippen LogP) is 5.49. The largest absolute Gasteiger partial charge is 0.508 e. The molecule has 1 aliphatic carbocycles. The molecule has 28 heavy (non-hydrogen) atoms. The SMILES string of the molecule is CCCCC(C)(C)c1cc(O)c2c(c1)OC(C)(C)[C@@H]1CC[C@@H](O[N+](=O)[O-])C[C@@H]21. The van der Waals surface area contributed by atoms with E-state index in [1.54, 1.807) is 0 Å². The van der Waals surface area contributed by atoms with Gasteiger partial charge in [-0.15, -0.1) is 10.1 Å². The summed E-state index contributed by atoms with van der Waals surface area (Å²) >= 11 is 0. The maximum absolute atomic E-state index is 10.9. The number of hydrogen-bond donors (Lipinski definition) is 1. The summed E-state index contributed by atoms with van der Waals surface area (Å²) in [5, 5.41) is 21.1. The van der Waals surface area contributed by atoms with Crippen molar-refractivity contribution in [2.24, 2.45) is 5.92 Å². The molecule has 0 amide bonds. The molecule has 3 rings (SSSR count). The summed E-state index contributed by atoms with van der Waals surface area (Å²) in [5.41, 5.74) is 1.41. The van der Waals surface area contributed by atoms with E-state index >= 15 is 0 Å². The second-order valence-corrected chi connectivity index (χ2v) is 9.58. The van der Waals surface area contributed by atoms with Crippen LogP contribution in [0.3, 0.4) is 0 Å². The Kier molecular flexibility index (Phi) is 5.52. The summed E-state index contributed by atoms with van der Waals surface area (Å²) < 4.78 is 6.39. The minimum Gasteiger partial charge on any atom is -0.508 e. The van der Waals surface area contributed by atoms with Crippen LogP contribution in [-0.2, 0) is 10.3 Å². The molecule has 1 aliphatic heterocycles. The number of phenols is 1. The third kappa shape index (κ3) is 3.91. The Morgan fingerprint density at radius 2 is 2.07 bits per heavy atom. The zero-order valence-corrected chi connectivity index (χ0v) is 17.7. The van der Waals surface area contributed by atoms with Crippen LogP contribution < -0.4 is 4.74 Å². The maximum Gasteiger partial charge on any atom is 0.294 e. The molecule has 0 radical (unpaired) electrons. The van der Waals surface area contributed by atoms with E-state index in [1.165, 1.54) is 0 Å². The Labute approximate surface area is 167 Å². The highest BCUT2D eigenvalue weighted by molar-refractivity contribution is 5.53. The molecule has 6 nitrogen and oxygen atoms in total. The molecule has 2 aliphatic rings. The third-order valence-electron chi connectivity index (χ3n) is 6.73. The van der Waals surface area contributed by atoms with Crippen LogP contribution in [0.2, 0.25) is 0 Å². The molecular formula is C22H33NO5. The van der Waals surface area contributed by atoms with E-state index in [1.807, 2.05) is 6.07 Å². The summed E-state index contributed by atoms with van der Waals surface area (Å²) in [4.78, 5) is 15.7. The molecule has 1 saturated carbocycles. The lowest BCUT2D eigenvalue weighted by molar-refractivity contribution is -0.769. The Morgan fingerprint density at radius 3 is 2.71 bits per heavy atom. The van der Waals surface area contributed by atoms with Crippen molar-refractivity contribution < 1.29 is 19.8 Å². The molecule has 6 heteroatoms. The van der Waals surface area contributed by atoms with Gasteiger partial charge in [0.15, 0.2) is 0 Å². The first-order valence-corrected chi connectivity index (χ1v) is 10.4. The van der Waals surface area contributed by atoms with E-state index in [0.29, 0.717) is 18.6 Å². The molecule has 0 saturated heterocycles. The first kappa shape index (κ1) is 20.7. The van der Waals surface area contributed by atoms with Crippen LogP contribution in [0.5, 0.6) is 11.5 Å². The summed E-state index contributed by atoms with van der Waals surface area (Å²) in [6.45, 7) is 10.7. The van der Waals surface area contributed by atoms with Crippen molar-refractivity contribution in [2.45, 2.75) is 96.2 Å².